The summed E-state index contributed by atoms with van der Waals surface area (Å²) in [4.78, 5) is 3.44. The van der Waals surface area contributed by atoms with Crippen LogP contribution < -0.4 is 0 Å². The quantitative estimate of drug-likeness (QED) is 0.257. The van der Waals surface area contributed by atoms with Gasteiger partial charge in [-0.15, -0.1) is 11.6 Å². The van der Waals surface area contributed by atoms with Gasteiger partial charge in [0.05, 0.1) is 11.0 Å². The minimum Gasteiger partial charge on any atom is -0.212 e. The van der Waals surface area contributed by atoms with Gasteiger partial charge in [-0.1, -0.05) is 11.6 Å². The number of aliphatic imine (C=N–C) groups is 1. The summed E-state index contributed by atoms with van der Waals surface area (Å²) in [5.74, 6) is 0.283. The van der Waals surface area contributed by atoms with Crippen molar-refractivity contribution in [3.63, 3.8) is 0 Å². The Bertz CT molecular complexity index is 88.9. The monoisotopic (exact) mass is 155 g/mol. The van der Waals surface area contributed by atoms with E-state index in [1.54, 1.807) is 0 Å². The molecule has 0 saturated heterocycles. The molecule has 1 nitrogen and oxygen atoms in total. The molecule has 0 aromatic heterocycles. The highest BCUT2D eigenvalue weighted by Gasteiger charge is 1.92. The van der Waals surface area contributed by atoms with Crippen LogP contribution in [0.5, 0.6) is 0 Å². The molecule has 0 heterocycles. The fourth-order valence-corrected chi connectivity index (χ4v) is 0.395. The van der Waals surface area contributed by atoms with Gasteiger partial charge in [0, 0.05) is 0 Å². The third kappa shape index (κ3) is 4.23. The van der Waals surface area contributed by atoms with Crippen molar-refractivity contribution in [2.75, 3.05) is 5.88 Å². The molecule has 0 radical (unpaired) electrons. The Hall–Kier alpha value is 0.380. The number of hydrogen-bond acceptors (Lipinski definition) is 2. The number of nitrogens with zero attached hydrogens (tertiary/aromatic N) is 1. The molecule has 40 valence electrons. The highest BCUT2D eigenvalue weighted by atomic mass is 35.5. The van der Waals surface area contributed by atoms with Crippen molar-refractivity contribution in [3.05, 3.63) is 0 Å². The minimum atomic E-state index is -0.404. The van der Waals surface area contributed by atoms with Crippen molar-refractivity contribution in [1.82, 2.24) is 0 Å². The van der Waals surface area contributed by atoms with E-state index in [0.717, 1.165) is 0 Å². The predicted molar refractivity (Wildman–Crippen MR) is 35.4 cm³/mol. The summed E-state index contributed by atoms with van der Waals surface area (Å²) in [5, 5.41) is 2.11. The zero-order valence-electron chi connectivity index (χ0n) is 3.40. The number of thiocarbonyl (C=S) groups is 1. The Morgan fingerprint density at radius 3 is 2.57 bits per heavy atom. The van der Waals surface area contributed by atoms with Crippen LogP contribution >= 0.6 is 35.4 Å². The van der Waals surface area contributed by atoms with Gasteiger partial charge in [-0.05, 0) is 12.2 Å². The van der Waals surface area contributed by atoms with E-state index < -0.39 is 5.50 Å². The number of halogens is 2. The van der Waals surface area contributed by atoms with Gasteiger partial charge in [-0.2, -0.15) is 0 Å². The van der Waals surface area contributed by atoms with E-state index in [1.165, 1.54) is 0 Å². The van der Waals surface area contributed by atoms with Gasteiger partial charge >= 0.3 is 0 Å². The summed E-state index contributed by atoms with van der Waals surface area (Å²) in [7, 11) is 0. The Morgan fingerprint density at radius 1 is 1.86 bits per heavy atom. The van der Waals surface area contributed by atoms with Gasteiger partial charge in [0.25, 0.3) is 0 Å². The van der Waals surface area contributed by atoms with Crippen molar-refractivity contribution in [2.45, 2.75) is 5.50 Å². The third-order valence-corrected chi connectivity index (χ3v) is 1.13. The third-order valence-electron chi connectivity index (χ3n) is 0.320. The first-order valence-corrected chi connectivity index (χ1v) is 2.96. The normalized spacial score (nSPS) is 12.3. The van der Waals surface area contributed by atoms with Gasteiger partial charge in [0.15, 0.2) is 0 Å². The molecule has 0 spiro atoms. The molecule has 0 amide bonds. The number of rotatable bonds is 2. The molecule has 1 atom stereocenters. The molecule has 4 heteroatoms. The molecule has 0 N–H and O–H groups in total. The maximum absolute atomic E-state index is 5.34. The minimum absolute atomic E-state index is 0.283. The standard InChI is InChI=1S/C3H3Cl2NS/c4-1-3(5)6-2-7/h3H,1H2. The average molecular weight is 156 g/mol. The smallest absolute Gasteiger partial charge is 0.147 e. The Labute approximate surface area is 57.3 Å². The number of hydrogen-bond donors (Lipinski definition) is 0. The van der Waals surface area contributed by atoms with Crippen molar-refractivity contribution in [2.24, 2.45) is 4.99 Å². The highest BCUT2D eigenvalue weighted by Crippen LogP contribution is 1.97. The van der Waals surface area contributed by atoms with Crippen molar-refractivity contribution in [1.29, 1.82) is 0 Å². The van der Waals surface area contributed by atoms with E-state index >= 15 is 0 Å². The summed E-state index contributed by atoms with van der Waals surface area (Å²) in [6.07, 6.45) is 0. The molecule has 0 aliphatic rings. The van der Waals surface area contributed by atoms with Crippen molar-refractivity contribution < 1.29 is 0 Å². The SMILES string of the molecule is S=C=NC(Cl)CCl. The maximum atomic E-state index is 5.34. The predicted octanol–water partition coefficient (Wildman–Crippen LogP) is 1.89. The molecular formula is C3H3Cl2NS. The van der Waals surface area contributed by atoms with E-state index in [4.69, 9.17) is 23.2 Å². The number of isothiocyanates is 1. The molecule has 0 saturated carbocycles. The first-order chi connectivity index (χ1) is 3.31. The van der Waals surface area contributed by atoms with E-state index in [0.29, 0.717) is 0 Å². The Kier molecular flexibility index (Phi) is 4.78. The van der Waals surface area contributed by atoms with Crippen molar-refractivity contribution >= 4 is 40.6 Å². The second-order valence-corrected chi connectivity index (χ2v) is 1.80. The van der Waals surface area contributed by atoms with Crippen LogP contribution in [0.25, 0.3) is 0 Å². The lowest BCUT2D eigenvalue weighted by Crippen LogP contribution is -1.91. The van der Waals surface area contributed by atoms with E-state index in [2.05, 4.69) is 22.4 Å². The van der Waals surface area contributed by atoms with Crippen LogP contribution in [0.4, 0.5) is 0 Å². The largest absolute Gasteiger partial charge is 0.212 e. The summed E-state index contributed by atoms with van der Waals surface area (Å²) < 4.78 is 0. The van der Waals surface area contributed by atoms with Gasteiger partial charge < -0.3 is 0 Å². The topological polar surface area (TPSA) is 12.4 Å². The summed E-state index contributed by atoms with van der Waals surface area (Å²) >= 11 is 14.8. The van der Waals surface area contributed by atoms with Crippen LogP contribution in [0, 0.1) is 0 Å². The van der Waals surface area contributed by atoms with Gasteiger partial charge in [-0.3, -0.25) is 0 Å². The van der Waals surface area contributed by atoms with Gasteiger partial charge in [0.1, 0.15) is 5.50 Å². The zero-order valence-corrected chi connectivity index (χ0v) is 5.72. The lowest BCUT2D eigenvalue weighted by molar-refractivity contribution is 1.05. The van der Waals surface area contributed by atoms with Crippen LogP contribution in [0.2, 0.25) is 0 Å². The van der Waals surface area contributed by atoms with Crippen LogP contribution in [0.3, 0.4) is 0 Å². The molecule has 0 aliphatic heterocycles. The molecule has 0 aromatic carbocycles. The summed E-state index contributed by atoms with van der Waals surface area (Å²) in [5.41, 5.74) is -0.404. The molecule has 0 aliphatic carbocycles. The average Bonchev–Trinajstić information content (AvgIpc) is 1.68. The maximum Gasteiger partial charge on any atom is 0.147 e. The Morgan fingerprint density at radius 2 is 2.43 bits per heavy atom. The summed E-state index contributed by atoms with van der Waals surface area (Å²) in [6.45, 7) is 0. The van der Waals surface area contributed by atoms with E-state index in [9.17, 15) is 0 Å². The lowest BCUT2D eigenvalue weighted by atomic mass is 10.8. The van der Waals surface area contributed by atoms with Crippen LogP contribution in [0.1, 0.15) is 0 Å². The first kappa shape index (κ1) is 7.38. The van der Waals surface area contributed by atoms with E-state index in [-0.39, 0.29) is 5.88 Å². The fourth-order valence-electron chi connectivity index (χ4n) is 0.0917. The molecule has 7 heavy (non-hydrogen) atoms. The van der Waals surface area contributed by atoms with Crippen LogP contribution in [-0.4, -0.2) is 16.5 Å². The fraction of sp³-hybridized carbons (Fsp3) is 0.667. The highest BCUT2D eigenvalue weighted by molar-refractivity contribution is 7.78. The van der Waals surface area contributed by atoms with Gasteiger partial charge in [-0.25, -0.2) is 4.99 Å². The Balaban J connectivity index is 3.35. The number of alkyl halides is 2. The van der Waals surface area contributed by atoms with Crippen LogP contribution in [0.15, 0.2) is 4.99 Å². The molecule has 0 aromatic rings. The summed E-state index contributed by atoms with van der Waals surface area (Å²) in [6, 6.07) is 0. The van der Waals surface area contributed by atoms with E-state index in [1.807, 2.05) is 0 Å². The molecule has 1 unspecified atom stereocenters. The lowest BCUT2D eigenvalue weighted by Gasteiger charge is -1.88. The molecule has 0 fully saturated rings. The van der Waals surface area contributed by atoms with Crippen LogP contribution in [-0.2, 0) is 0 Å². The molecule has 0 bridgehead atoms. The molecular weight excluding hydrogens is 153 g/mol. The zero-order chi connectivity index (χ0) is 5.70. The first-order valence-electron chi connectivity index (χ1n) is 1.58. The second-order valence-electron chi connectivity index (χ2n) is 0.809. The second kappa shape index (κ2) is 4.54. The van der Waals surface area contributed by atoms with Crippen molar-refractivity contribution in [3.8, 4) is 0 Å². The molecule has 0 rings (SSSR count). The van der Waals surface area contributed by atoms with Gasteiger partial charge in [0.2, 0.25) is 0 Å².